The molecule has 1 saturated heterocycles. The molecule has 2 amide bonds. The fourth-order valence-corrected chi connectivity index (χ4v) is 5.19. The van der Waals surface area contributed by atoms with Gasteiger partial charge in [-0.1, -0.05) is 51.1 Å². The average molecular weight is 557 g/mol. The number of alkyl halides is 1. The number of aromatic nitrogens is 3. The van der Waals surface area contributed by atoms with Gasteiger partial charge in [-0.2, -0.15) is 5.10 Å². The molecule has 4 rings (SSSR count). The van der Waals surface area contributed by atoms with Crippen molar-refractivity contribution >= 4 is 6.03 Å². The van der Waals surface area contributed by atoms with Gasteiger partial charge in [-0.25, -0.2) is 27.6 Å². The first-order valence-corrected chi connectivity index (χ1v) is 13.9. The second-order valence-electron chi connectivity index (χ2n) is 11.6. The van der Waals surface area contributed by atoms with Gasteiger partial charge in [-0.15, -0.1) is 0 Å². The molecular formula is C30H39F3N6O. The zero-order valence-electron chi connectivity index (χ0n) is 23.5. The lowest BCUT2D eigenvalue weighted by Gasteiger charge is -2.42. The van der Waals surface area contributed by atoms with Crippen LogP contribution in [0.25, 0.3) is 11.4 Å². The van der Waals surface area contributed by atoms with Gasteiger partial charge in [0.05, 0.1) is 18.2 Å². The zero-order valence-corrected chi connectivity index (χ0v) is 23.5. The molecule has 2 heterocycles. The third-order valence-electron chi connectivity index (χ3n) is 7.23. The molecule has 1 aliphatic rings. The predicted molar refractivity (Wildman–Crippen MR) is 149 cm³/mol. The van der Waals surface area contributed by atoms with Crippen LogP contribution in [0, 0.1) is 17.0 Å². The first kappa shape index (κ1) is 29.6. The van der Waals surface area contributed by atoms with E-state index in [1.54, 1.807) is 9.58 Å². The minimum absolute atomic E-state index is 0.0306. The highest BCUT2D eigenvalue weighted by Gasteiger charge is 2.40. The van der Waals surface area contributed by atoms with Crippen LogP contribution in [0.15, 0.2) is 48.5 Å². The van der Waals surface area contributed by atoms with Gasteiger partial charge in [0.2, 0.25) is 0 Å². The Morgan fingerprint density at radius 1 is 1.07 bits per heavy atom. The molecule has 0 saturated carbocycles. The summed E-state index contributed by atoms with van der Waals surface area (Å²) in [5.41, 5.74) is 6.27. The van der Waals surface area contributed by atoms with Gasteiger partial charge in [0.25, 0.3) is 0 Å². The number of carbonyl (C=O) groups excluding carboxylic acids is 1. The van der Waals surface area contributed by atoms with Crippen LogP contribution in [0.3, 0.4) is 0 Å². The molecule has 40 heavy (non-hydrogen) atoms. The predicted octanol–water partition coefficient (Wildman–Crippen LogP) is 5.95. The van der Waals surface area contributed by atoms with Crippen LogP contribution >= 0.6 is 0 Å². The number of halogens is 3. The summed E-state index contributed by atoms with van der Waals surface area (Å²) in [5.74, 6) is -0.781. The molecule has 1 aliphatic heterocycles. The van der Waals surface area contributed by atoms with Gasteiger partial charge >= 0.3 is 6.03 Å². The number of hydrogen-bond donors (Lipinski definition) is 1. The maximum atomic E-state index is 14.9. The number of piperidine rings is 1. The first-order valence-electron chi connectivity index (χ1n) is 13.9. The van der Waals surface area contributed by atoms with E-state index in [0.29, 0.717) is 25.5 Å². The Kier molecular flexibility index (Phi) is 9.50. The summed E-state index contributed by atoms with van der Waals surface area (Å²) in [6.45, 7) is 7.08. The minimum Gasteiger partial charge on any atom is -0.325 e. The number of rotatable bonds is 9. The Balaban J connectivity index is 1.85. The first-order chi connectivity index (χ1) is 19.1. The maximum absolute atomic E-state index is 14.9. The van der Waals surface area contributed by atoms with Crippen molar-refractivity contribution < 1.29 is 18.0 Å². The van der Waals surface area contributed by atoms with Gasteiger partial charge in [-0.3, -0.25) is 0 Å². The molecule has 0 spiro atoms. The number of likely N-dealkylation sites (tertiary alicyclic amines) is 1. The highest BCUT2D eigenvalue weighted by atomic mass is 19.1. The largest absolute Gasteiger partial charge is 0.325 e. The third kappa shape index (κ3) is 7.02. The van der Waals surface area contributed by atoms with E-state index in [0.717, 1.165) is 43.0 Å². The lowest BCUT2D eigenvalue weighted by molar-refractivity contribution is 0.0762. The number of hydrogen-bond acceptors (Lipinski definition) is 4. The Hall–Kier alpha value is -3.40. The molecule has 10 heteroatoms. The van der Waals surface area contributed by atoms with Gasteiger partial charge < -0.3 is 15.5 Å². The van der Waals surface area contributed by atoms with Crippen molar-refractivity contribution in [3.8, 4) is 11.4 Å². The van der Waals surface area contributed by atoms with E-state index in [1.165, 1.54) is 0 Å². The molecule has 216 valence electrons. The van der Waals surface area contributed by atoms with Crippen molar-refractivity contribution in [1.29, 1.82) is 0 Å². The van der Waals surface area contributed by atoms with Crippen molar-refractivity contribution in [2.45, 2.75) is 65.1 Å². The lowest BCUT2D eigenvalue weighted by atomic mass is 9.84. The number of nitrogens with zero attached hydrogens (tertiary/aromatic N) is 5. The Labute approximate surface area is 234 Å². The van der Waals surface area contributed by atoms with E-state index in [2.05, 4.69) is 5.10 Å². The highest BCUT2D eigenvalue weighted by Crippen LogP contribution is 2.39. The van der Waals surface area contributed by atoms with E-state index in [-0.39, 0.29) is 30.4 Å². The number of carbonyl (C=O) groups is 1. The van der Waals surface area contributed by atoms with Gasteiger partial charge in [0, 0.05) is 25.7 Å². The van der Waals surface area contributed by atoms with Crippen LogP contribution in [-0.4, -0.2) is 62.9 Å². The van der Waals surface area contributed by atoms with Crippen molar-refractivity contribution in [3.63, 3.8) is 0 Å². The monoisotopic (exact) mass is 556 g/mol. The summed E-state index contributed by atoms with van der Waals surface area (Å²) in [4.78, 5) is 22.4. The summed E-state index contributed by atoms with van der Waals surface area (Å²) in [6, 6.07) is 11.3. The Bertz CT molecular complexity index is 1270. The number of amides is 2. The topological polar surface area (TPSA) is 80.3 Å². The molecule has 0 bridgehead atoms. The number of nitrogens with two attached hydrogens (primary N) is 1. The van der Waals surface area contributed by atoms with Crippen molar-refractivity contribution in [1.82, 2.24) is 24.6 Å². The molecule has 3 aromatic rings. The van der Waals surface area contributed by atoms with Gasteiger partial charge in [0.15, 0.2) is 11.6 Å². The molecule has 2 aromatic carbocycles. The van der Waals surface area contributed by atoms with Crippen molar-refractivity contribution in [3.05, 3.63) is 71.6 Å². The summed E-state index contributed by atoms with van der Waals surface area (Å²) < 4.78 is 44.1. The molecule has 2 N–H and O–H groups in total. The van der Waals surface area contributed by atoms with Crippen LogP contribution in [0.5, 0.6) is 0 Å². The van der Waals surface area contributed by atoms with E-state index >= 15 is 0 Å². The summed E-state index contributed by atoms with van der Waals surface area (Å²) in [7, 11) is 0. The standard InChI is InChI=1S/C30H39F3N6O/c1-30(2,3)26(38(17-14-23(34)19-31)29(40)37-15-8-5-9-16-37)28-35-27(24-18-22(32)12-13-25(24)33)36-39(28)20-21-10-6-4-7-11-21/h4,6-7,10-13,18,23,26H,5,8-9,14-17,19-20,34H2,1-3H3/t23-,26+/m1/s1. The quantitative estimate of drug-likeness (QED) is 0.353. The Morgan fingerprint density at radius 3 is 2.42 bits per heavy atom. The second kappa shape index (κ2) is 12.8. The fraction of sp³-hybridized carbons (Fsp3) is 0.500. The van der Waals surface area contributed by atoms with Crippen molar-refractivity contribution in [2.75, 3.05) is 26.3 Å². The normalized spacial score (nSPS) is 15.6. The van der Waals surface area contributed by atoms with E-state index in [4.69, 9.17) is 10.7 Å². The van der Waals surface area contributed by atoms with E-state index in [9.17, 15) is 18.0 Å². The number of urea groups is 1. The molecular weight excluding hydrogens is 517 g/mol. The maximum Gasteiger partial charge on any atom is 0.320 e. The molecule has 0 radical (unpaired) electrons. The van der Waals surface area contributed by atoms with Crippen LogP contribution < -0.4 is 5.73 Å². The molecule has 0 unspecified atom stereocenters. The summed E-state index contributed by atoms with van der Waals surface area (Å²) >= 11 is 0. The van der Waals surface area contributed by atoms with Crippen LogP contribution in [0.2, 0.25) is 0 Å². The van der Waals surface area contributed by atoms with Crippen LogP contribution in [0.1, 0.15) is 63.9 Å². The smallest absolute Gasteiger partial charge is 0.320 e. The van der Waals surface area contributed by atoms with E-state index in [1.807, 2.05) is 56.0 Å². The van der Waals surface area contributed by atoms with Crippen LogP contribution in [-0.2, 0) is 6.54 Å². The molecule has 0 aliphatic carbocycles. The molecule has 1 fully saturated rings. The highest BCUT2D eigenvalue weighted by molar-refractivity contribution is 5.75. The molecule has 2 atom stereocenters. The van der Waals surface area contributed by atoms with Crippen molar-refractivity contribution in [2.24, 2.45) is 11.1 Å². The van der Waals surface area contributed by atoms with Crippen LogP contribution in [0.4, 0.5) is 18.0 Å². The summed E-state index contributed by atoms with van der Waals surface area (Å²) in [5, 5.41) is 4.64. The number of benzene rings is 2. The van der Waals surface area contributed by atoms with Gasteiger partial charge in [-0.05, 0) is 54.9 Å². The molecule has 1 aromatic heterocycles. The van der Waals surface area contributed by atoms with Gasteiger partial charge in [0.1, 0.15) is 18.3 Å². The zero-order chi connectivity index (χ0) is 28.9. The fourth-order valence-electron chi connectivity index (χ4n) is 5.19. The lowest BCUT2D eigenvalue weighted by Crippen LogP contribution is -2.51. The second-order valence-corrected chi connectivity index (χ2v) is 11.6. The minimum atomic E-state index is -0.712. The Morgan fingerprint density at radius 2 is 1.77 bits per heavy atom. The molecule has 7 nitrogen and oxygen atoms in total. The average Bonchev–Trinajstić information content (AvgIpc) is 3.34. The summed E-state index contributed by atoms with van der Waals surface area (Å²) in [6.07, 6.45) is 3.15. The third-order valence-corrected chi connectivity index (χ3v) is 7.23. The SMILES string of the molecule is CC(C)(C)[C@H](c1nc(-c2cc(F)ccc2F)nn1Cc1ccccc1)N(CC[C@@H](N)CF)C(=O)N1CCCCC1. The van der Waals surface area contributed by atoms with E-state index < -0.39 is 35.8 Å².